The Hall–Kier alpha value is -1.70. The summed E-state index contributed by atoms with van der Waals surface area (Å²) in [5, 5.41) is 10.0. The fraction of sp³-hybridized carbons (Fsp3) is 0.250. The maximum absolute atomic E-state index is 11.8. The highest BCUT2D eigenvalue weighted by atomic mass is 79.9. The van der Waals surface area contributed by atoms with E-state index in [0.717, 1.165) is 4.52 Å². The topological polar surface area (TPSA) is 89.3 Å². The lowest BCUT2D eigenvalue weighted by Crippen LogP contribution is -2.26. The molecular weight excluding hydrogens is 280 g/mol. The van der Waals surface area contributed by atoms with Gasteiger partial charge in [-0.1, -0.05) is 0 Å². The van der Waals surface area contributed by atoms with Crippen molar-refractivity contribution in [2.24, 2.45) is 0 Å². The highest BCUT2D eigenvalue weighted by Gasteiger charge is 2.17. The second-order valence-corrected chi connectivity index (χ2v) is 3.67. The number of hydrogen-bond acceptors (Lipinski definition) is 5. The molecule has 0 atom stereocenters. The Morgan fingerprint density at radius 2 is 2.44 bits per heavy atom. The van der Waals surface area contributed by atoms with E-state index in [2.05, 4.69) is 31.2 Å². The third-order valence-corrected chi connectivity index (χ3v) is 2.21. The fourth-order valence-electron chi connectivity index (χ4n) is 1.18. The Morgan fingerprint density at radius 3 is 3.12 bits per heavy atom. The van der Waals surface area contributed by atoms with Crippen LogP contribution in [0.3, 0.4) is 0 Å². The number of hydrogen-bond donors (Lipinski definition) is 1. The van der Waals surface area contributed by atoms with E-state index < -0.39 is 11.5 Å². The van der Waals surface area contributed by atoms with E-state index in [4.69, 9.17) is 4.74 Å². The maximum Gasteiger partial charge on any atom is 0.364 e. The average Bonchev–Trinajstić information content (AvgIpc) is 2.60. The average molecular weight is 287 g/mol. The number of carbonyl (C=O) groups excluding carboxylic acids is 1. The number of esters is 1. The molecule has 0 spiro atoms. The van der Waals surface area contributed by atoms with Gasteiger partial charge < -0.3 is 4.74 Å². The molecule has 0 aromatic carbocycles. The summed E-state index contributed by atoms with van der Waals surface area (Å²) in [5.41, 5.74) is -0.534. The van der Waals surface area contributed by atoms with Gasteiger partial charge >= 0.3 is 11.5 Å². The van der Waals surface area contributed by atoms with Crippen molar-refractivity contribution in [2.45, 2.75) is 6.92 Å². The van der Waals surface area contributed by atoms with Crippen molar-refractivity contribution in [1.29, 1.82) is 0 Å². The second-order valence-electron chi connectivity index (χ2n) is 2.86. The standard InChI is InChI=1S/C8H7BrN4O3/c1-2-16-8(15)6-7(14)13-5(10-11-6)3-4(9)12-13/h3,10H,2H2,1H3. The molecule has 0 saturated carbocycles. The fourth-order valence-corrected chi connectivity index (χ4v) is 1.56. The third-order valence-electron chi connectivity index (χ3n) is 1.83. The lowest BCUT2D eigenvalue weighted by atomic mass is 10.4. The molecule has 16 heavy (non-hydrogen) atoms. The molecule has 2 heterocycles. The summed E-state index contributed by atoms with van der Waals surface area (Å²) in [6.07, 6.45) is 0. The van der Waals surface area contributed by atoms with Crippen molar-refractivity contribution in [1.82, 2.24) is 19.8 Å². The van der Waals surface area contributed by atoms with E-state index in [0.29, 0.717) is 10.3 Å². The summed E-state index contributed by atoms with van der Waals surface area (Å²) in [5.74, 6) is -0.766. The number of H-pyrrole nitrogens is 1. The molecule has 0 radical (unpaired) electrons. The Balaban J connectivity index is 2.60. The van der Waals surface area contributed by atoms with E-state index in [1.165, 1.54) is 0 Å². The summed E-state index contributed by atoms with van der Waals surface area (Å²) in [6, 6.07) is 1.57. The number of aromatic amines is 1. The summed E-state index contributed by atoms with van der Waals surface area (Å²) in [7, 11) is 0. The van der Waals surface area contributed by atoms with Crippen molar-refractivity contribution in [3.63, 3.8) is 0 Å². The minimum Gasteiger partial charge on any atom is -0.461 e. The van der Waals surface area contributed by atoms with Gasteiger partial charge in [0.2, 0.25) is 5.69 Å². The first-order valence-electron chi connectivity index (χ1n) is 4.44. The first kappa shape index (κ1) is 10.8. The normalized spacial score (nSPS) is 10.6. The number of nitrogens with zero attached hydrogens (tertiary/aromatic N) is 3. The Kier molecular flexibility index (Phi) is 2.73. The molecule has 0 fully saturated rings. The first-order chi connectivity index (χ1) is 7.63. The monoisotopic (exact) mass is 286 g/mol. The molecule has 0 aliphatic carbocycles. The van der Waals surface area contributed by atoms with Crippen LogP contribution in [0.25, 0.3) is 5.65 Å². The predicted octanol–water partition coefficient (Wildman–Crippen LogP) is 0.357. The number of nitrogens with one attached hydrogen (secondary N) is 1. The maximum atomic E-state index is 11.8. The Labute approximate surface area is 97.5 Å². The Morgan fingerprint density at radius 1 is 1.69 bits per heavy atom. The molecule has 0 bridgehead atoms. The molecule has 84 valence electrons. The van der Waals surface area contributed by atoms with Gasteiger partial charge in [-0.15, -0.1) is 0 Å². The van der Waals surface area contributed by atoms with Crippen LogP contribution in [0.15, 0.2) is 15.5 Å². The molecule has 2 aromatic heterocycles. The van der Waals surface area contributed by atoms with Crippen molar-refractivity contribution in [2.75, 3.05) is 6.61 Å². The van der Waals surface area contributed by atoms with Gasteiger partial charge in [0, 0.05) is 6.07 Å². The minimum atomic E-state index is -0.766. The van der Waals surface area contributed by atoms with Crippen molar-refractivity contribution in [3.8, 4) is 0 Å². The summed E-state index contributed by atoms with van der Waals surface area (Å²) < 4.78 is 6.21. The van der Waals surface area contributed by atoms with Gasteiger partial charge in [-0.2, -0.15) is 14.7 Å². The van der Waals surface area contributed by atoms with Gasteiger partial charge in [0.1, 0.15) is 4.60 Å². The molecular formula is C8H7BrN4O3. The molecule has 0 amide bonds. The highest BCUT2D eigenvalue weighted by Crippen LogP contribution is 2.07. The lowest BCUT2D eigenvalue weighted by Gasteiger charge is -1.99. The summed E-state index contributed by atoms with van der Waals surface area (Å²) >= 11 is 3.12. The Bertz CT molecular complexity index is 603. The van der Waals surface area contributed by atoms with Gasteiger partial charge in [0.25, 0.3) is 0 Å². The molecule has 0 unspecified atom stereocenters. The molecule has 0 saturated heterocycles. The van der Waals surface area contributed by atoms with Crippen LogP contribution in [-0.4, -0.2) is 32.4 Å². The van der Waals surface area contributed by atoms with E-state index in [-0.39, 0.29) is 12.3 Å². The largest absolute Gasteiger partial charge is 0.461 e. The van der Waals surface area contributed by atoms with Crippen LogP contribution in [-0.2, 0) is 4.74 Å². The van der Waals surface area contributed by atoms with Crippen LogP contribution in [0.5, 0.6) is 0 Å². The smallest absolute Gasteiger partial charge is 0.364 e. The highest BCUT2D eigenvalue weighted by molar-refractivity contribution is 9.10. The van der Waals surface area contributed by atoms with Gasteiger partial charge in [0.15, 0.2) is 5.65 Å². The molecule has 0 aliphatic rings. The molecule has 2 aromatic rings. The van der Waals surface area contributed by atoms with E-state index in [1.54, 1.807) is 13.0 Å². The van der Waals surface area contributed by atoms with Crippen LogP contribution in [0, 0.1) is 0 Å². The molecule has 1 N–H and O–H groups in total. The number of carbonyl (C=O) groups is 1. The summed E-state index contributed by atoms with van der Waals surface area (Å²) in [6.45, 7) is 1.83. The van der Waals surface area contributed by atoms with Crippen LogP contribution in [0.1, 0.15) is 17.4 Å². The zero-order valence-corrected chi connectivity index (χ0v) is 9.81. The molecule has 7 nitrogen and oxygen atoms in total. The number of halogens is 1. The number of rotatable bonds is 2. The lowest BCUT2D eigenvalue weighted by molar-refractivity contribution is 0.0515. The number of ether oxygens (including phenoxy) is 1. The number of fused-ring (bicyclic) bond motifs is 1. The second kappa shape index (κ2) is 4.05. The van der Waals surface area contributed by atoms with E-state index in [9.17, 15) is 9.59 Å². The van der Waals surface area contributed by atoms with Gasteiger partial charge in [-0.05, 0) is 22.9 Å². The summed E-state index contributed by atoms with van der Waals surface area (Å²) in [4.78, 5) is 23.1. The molecule has 0 aliphatic heterocycles. The van der Waals surface area contributed by atoms with Crippen LogP contribution in [0.2, 0.25) is 0 Å². The quantitative estimate of drug-likeness (QED) is 0.805. The van der Waals surface area contributed by atoms with Crippen molar-refractivity contribution < 1.29 is 9.53 Å². The minimum absolute atomic E-state index is 0.181. The van der Waals surface area contributed by atoms with Gasteiger partial charge in [-0.25, -0.2) is 4.79 Å². The SMILES string of the molecule is CCOC(=O)c1n[nH]c2cc(Br)nn2c1=O. The zero-order valence-electron chi connectivity index (χ0n) is 8.23. The van der Waals surface area contributed by atoms with Crippen molar-refractivity contribution in [3.05, 3.63) is 26.7 Å². The predicted molar refractivity (Wildman–Crippen MR) is 57.3 cm³/mol. The third kappa shape index (κ3) is 1.71. The van der Waals surface area contributed by atoms with Gasteiger partial charge in [-0.3, -0.25) is 9.89 Å². The van der Waals surface area contributed by atoms with Crippen LogP contribution in [0.4, 0.5) is 0 Å². The zero-order chi connectivity index (χ0) is 11.7. The van der Waals surface area contributed by atoms with Gasteiger partial charge in [0.05, 0.1) is 6.61 Å². The molecule has 8 heteroatoms. The first-order valence-corrected chi connectivity index (χ1v) is 5.24. The molecule has 2 rings (SSSR count). The van der Waals surface area contributed by atoms with E-state index in [1.807, 2.05) is 0 Å². The number of aromatic nitrogens is 4. The van der Waals surface area contributed by atoms with Crippen molar-refractivity contribution >= 4 is 27.5 Å². The van der Waals surface area contributed by atoms with Crippen LogP contribution >= 0.6 is 15.9 Å². The van der Waals surface area contributed by atoms with E-state index >= 15 is 0 Å². The van der Waals surface area contributed by atoms with Crippen LogP contribution < -0.4 is 5.56 Å².